The Morgan fingerprint density at radius 2 is 1.65 bits per heavy atom. The van der Waals surface area contributed by atoms with Crippen LogP contribution in [-0.4, -0.2) is 32.0 Å². The zero-order chi connectivity index (χ0) is 24.7. The van der Waals surface area contributed by atoms with E-state index in [-0.39, 0.29) is 10.6 Å². The summed E-state index contributed by atoms with van der Waals surface area (Å²) in [5.74, 6) is -0.377. The van der Waals surface area contributed by atoms with E-state index in [9.17, 15) is 23.3 Å². The number of benzene rings is 3. The van der Waals surface area contributed by atoms with Crippen LogP contribution in [-0.2, 0) is 14.8 Å². The fourth-order valence-electron chi connectivity index (χ4n) is 3.16. The second-order valence-electron chi connectivity index (χ2n) is 7.69. The van der Waals surface area contributed by atoms with Crippen LogP contribution in [0.25, 0.3) is 0 Å². The van der Waals surface area contributed by atoms with E-state index in [1.54, 1.807) is 6.07 Å². The van der Waals surface area contributed by atoms with Gasteiger partial charge in [0.2, 0.25) is 0 Å². The Hall–Kier alpha value is -4.05. The molecular weight excluding hydrogens is 456 g/mol. The Balaban J connectivity index is 1.86. The van der Waals surface area contributed by atoms with Crippen LogP contribution in [0.3, 0.4) is 0 Å². The number of nitro benzene ring substituents is 1. The highest BCUT2D eigenvalue weighted by atomic mass is 32.2. The van der Waals surface area contributed by atoms with Crippen LogP contribution < -0.4 is 9.73 Å². The van der Waals surface area contributed by atoms with Crippen LogP contribution in [0.5, 0.6) is 0 Å². The maximum Gasteiger partial charge on any atom is 0.293 e. The molecule has 0 heterocycles. The molecule has 3 aromatic rings. The van der Waals surface area contributed by atoms with E-state index in [1.807, 2.05) is 24.3 Å². The molecule has 3 rings (SSSR count). The number of amides is 1. The zero-order valence-corrected chi connectivity index (χ0v) is 19.5. The van der Waals surface area contributed by atoms with E-state index >= 15 is 0 Å². The number of hydrogen-bond donors (Lipinski definition) is 1. The van der Waals surface area contributed by atoms with Crippen LogP contribution in [0.2, 0.25) is 0 Å². The van der Waals surface area contributed by atoms with Crippen molar-refractivity contribution in [3.05, 3.63) is 100 Å². The first-order valence-electron chi connectivity index (χ1n) is 10.4. The predicted molar refractivity (Wildman–Crippen MR) is 130 cm³/mol. The number of rotatable bonds is 9. The van der Waals surface area contributed by atoms with E-state index in [1.165, 1.54) is 54.7 Å². The van der Waals surface area contributed by atoms with Gasteiger partial charge in [0.1, 0.15) is 12.2 Å². The number of nitrogens with zero attached hydrogens (tertiary/aromatic N) is 3. The SMILES string of the molecule is CC(C)c1ccc(/C=N\NC(=O)CN(c2ccccc2[N+](=O)[O-])S(=O)(=O)c2ccccc2)cc1. The smallest absolute Gasteiger partial charge is 0.271 e. The number of nitrogens with one attached hydrogen (secondary N) is 1. The van der Waals surface area contributed by atoms with Crippen molar-refractivity contribution < 1.29 is 18.1 Å². The number of hydrazone groups is 1. The van der Waals surface area contributed by atoms with Gasteiger partial charge in [-0.3, -0.25) is 14.9 Å². The lowest BCUT2D eigenvalue weighted by atomic mass is 10.0. The van der Waals surface area contributed by atoms with Gasteiger partial charge in [-0.2, -0.15) is 5.10 Å². The van der Waals surface area contributed by atoms with Gasteiger partial charge < -0.3 is 0 Å². The van der Waals surface area contributed by atoms with Gasteiger partial charge in [0.25, 0.3) is 21.6 Å². The first kappa shape index (κ1) is 24.6. The summed E-state index contributed by atoms with van der Waals surface area (Å²) in [6.45, 7) is 3.46. The summed E-state index contributed by atoms with van der Waals surface area (Å²) in [6.07, 6.45) is 1.43. The minimum absolute atomic E-state index is 0.102. The van der Waals surface area contributed by atoms with Crippen molar-refractivity contribution in [2.75, 3.05) is 10.8 Å². The first-order valence-corrected chi connectivity index (χ1v) is 11.9. The highest BCUT2D eigenvalue weighted by Gasteiger charge is 2.31. The van der Waals surface area contributed by atoms with Gasteiger partial charge in [0.15, 0.2) is 0 Å². The maximum absolute atomic E-state index is 13.3. The second kappa shape index (κ2) is 10.7. The van der Waals surface area contributed by atoms with E-state index in [4.69, 9.17) is 0 Å². The molecule has 0 spiro atoms. The molecule has 1 N–H and O–H groups in total. The topological polar surface area (TPSA) is 122 Å². The quantitative estimate of drug-likeness (QED) is 0.281. The molecule has 1 amide bonds. The fraction of sp³-hybridized carbons (Fsp3) is 0.167. The molecule has 0 aliphatic rings. The summed E-state index contributed by atoms with van der Waals surface area (Å²) < 4.78 is 27.3. The van der Waals surface area contributed by atoms with Gasteiger partial charge in [-0.15, -0.1) is 0 Å². The summed E-state index contributed by atoms with van der Waals surface area (Å²) in [6, 6.07) is 20.4. The van der Waals surface area contributed by atoms with Gasteiger partial charge in [-0.25, -0.2) is 18.1 Å². The maximum atomic E-state index is 13.3. The third kappa shape index (κ3) is 5.84. The average Bonchev–Trinajstić information content (AvgIpc) is 2.83. The normalized spacial score (nSPS) is 11.5. The van der Waals surface area contributed by atoms with E-state index in [0.29, 0.717) is 10.2 Å². The van der Waals surface area contributed by atoms with Crippen LogP contribution in [0.15, 0.2) is 88.9 Å². The Labute approximate surface area is 197 Å². The largest absolute Gasteiger partial charge is 0.293 e. The number of anilines is 1. The highest BCUT2D eigenvalue weighted by molar-refractivity contribution is 7.92. The summed E-state index contributed by atoms with van der Waals surface area (Å²) in [5, 5.41) is 15.4. The van der Waals surface area contributed by atoms with Gasteiger partial charge in [-0.1, -0.05) is 68.4 Å². The summed E-state index contributed by atoms with van der Waals surface area (Å²) >= 11 is 0. The minimum Gasteiger partial charge on any atom is -0.271 e. The van der Waals surface area contributed by atoms with Crippen LogP contribution >= 0.6 is 0 Å². The minimum atomic E-state index is -4.28. The summed E-state index contributed by atoms with van der Waals surface area (Å²) in [5.41, 5.74) is 3.54. The molecule has 10 heteroatoms. The predicted octanol–water partition coefficient (Wildman–Crippen LogP) is 4.06. The molecular formula is C24H24N4O5S. The number of carbonyl (C=O) groups is 1. The summed E-state index contributed by atoms with van der Waals surface area (Å²) in [4.78, 5) is 23.4. The van der Waals surface area contributed by atoms with Crippen molar-refractivity contribution in [2.45, 2.75) is 24.7 Å². The van der Waals surface area contributed by atoms with Crippen molar-refractivity contribution in [1.82, 2.24) is 5.43 Å². The number of hydrogen-bond acceptors (Lipinski definition) is 6. The molecule has 0 saturated carbocycles. The van der Waals surface area contributed by atoms with Crippen LogP contribution in [0, 0.1) is 10.1 Å². The van der Waals surface area contributed by atoms with Gasteiger partial charge in [0, 0.05) is 6.07 Å². The monoisotopic (exact) mass is 480 g/mol. The van der Waals surface area contributed by atoms with Gasteiger partial charge in [0.05, 0.1) is 16.0 Å². The third-order valence-corrected chi connectivity index (χ3v) is 6.75. The van der Waals surface area contributed by atoms with Crippen molar-refractivity contribution in [2.24, 2.45) is 5.10 Å². The van der Waals surface area contributed by atoms with Crippen LogP contribution in [0.4, 0.5) is 11.4 Å². The highest BCUT2D eigenvalue weighted by Crippen LogP contribution is 2.31. The van der Waals surface area contributed by atoms with Crippen molar-refractivity contribution in [3.8, 4) is 0 Å². The standard InChI is InChI=1S/C24H24N4O5S/c1-18(2)20-14-12-19(13-15-20)16-25-26-24(29)17-27(22-10-6-7-11-23(22)28(30)31)34(32,33)21-8-4-3-5-9-21/h3-16,18H,17H2,1-2H3,(H,26,29)/b25-16-. The molecule has 0 aliphatic carbocycles. The number of para-hydroxylation sites is 2. The second-order valence-corrected chi connectivity index (χ2v) is 9.55. The van der Waals surface area contributed by atoms with Crippen molar-refractivity contribution >= 4 is 33.5 Å². The van der Waals surface area contributed by atoms with E-state index < -0.39 is 33.1 Å². The molecule has 3 aromatic carbocycles. The summed E-state index contributed by atoms with van der Waals surface area (Å²) in [7, 11) is -4.28. The lowest BCUT2D eigenvalue weighted by Crippen LogP contribution is -2.39. The fourth-order valence-corrected chi connectivity index (χ4v) is 4.62. The molecule has 0 aliphatic heterocycles. The van der Waals surface area contributed by atoms with Crippen molar-refractivity contribution in [3.63, 3.8) is 0 Å². The molecule has 0 bridgehead atoms. The van der Waals surface area contributed by atoms with Gasteiger partial charge >= 0.3 is 0 Å². The zero-order valence-electron chi connectivity index (χ0n) is 18.7. The van der Waals surface area contributed by atoms with Crippen molar-refractivity contribution in [1.29, 1.82) is 0 Å². The Morgan fingerprint density at radius 1 is 1.03 bits per heavy atom. The number of nitro groups is 1. The molecule has 0 aromatic heterocycles. The lowest BCUT2D eigenvalue weighted by molar-refractivity contribution is -0.384. The molecule has 176 valence electrons. The van der Waals surface area contributed by atoms with E-state index in [0.717, 1.165) is 11.1 Å². The Morgan fingerprint density at radius 3 is 2.26 bits per heavy atom. The first-order chi connectivity index (χ1) is 16.2. The Kier molecular flexibility index (Phi) is 7.75. The molecule has 9 nitrogen and oxygen atoms in total. The third-order valence-electron chi connectivity index (χ3n) is 4.97. The van der Waals surface area contributed by atoms with Crippen LogP contribution in [0.1, 0.15) is 30.9 Å². The molecule has 34 heavy (non-hydrogen) atoms. The number of sulfonamides is 1. The van der Waals surface area contributed by atoms with E-state index in [2.05, 4.69) is 24.4 Å². The lowest BCUT2D eigenvalue weighted by Gasteiger charge is -2.23. The molecule has 0 atom stereocenters. The van der Waals surface area contributed by atoms with Gasteiger partial charge in [-0.05, 0) is 35.2 Å². The molecule has 0 saturated heterocycles. The number of carbonyl (C=O) groups excluding carboxylic acids is 1. The Bertz CT molecular complexity index is 1290. The molecule has 0 fully saturated rings. The molecule has 0 radical (unpaired) electrons. The molecule has 0 unspecified atom stereocenters. The average molecular weight is 481 g/mol.